The highest BCUT2D eigenvalue weighted by Gasteiger charge is 2.42. The Labute approximate surface area is 266 Å². The Balaban J connectivity index is 1.55. The van der Waals surface area contributed by atoms with Crippen LogP contribution in [0.1, 0.15) is 37.3 Å². The number of piperidine rings is 1. The van der Waals surface area contributed by atoms with Gasteiger partial charge in [-0.2, -0.15) is 28.4 Å². The quantitative estimate of drug-likeness (QED) is 0.246. The molecule has 246 valence electrons. The summed E-state index contributed by atoms with van der Waals surface area (Å²) >= 11 is 5.93. The van der Waals surface area contributed by atoms with Crippen LogP contribution in [0.15, 0.2) is 12.1 Å². The van der Waals surface area contributed by atoms with Crippen molar-refractivity contribution in [1.82, 2.24) is 20.2 Å². The number of nitrogen functional groups attached to an aromatic ring is 1. The average Bonchev–Trinajstić information content (AvgIpc) is 3.32. The van der Waals surface area contributed by atoms with Crippen molar-refractivity contribution in [1.29, 1.82) is 5.26 Å². The highest BCUT2D eigenvalue weighted by Crippen LogP contribution is 2.48. The molecular formula is C31H32ClF6N7O. The van der Waals surface area contributed by atoms with Crippen LogP contribution in [0.25, 0.3) is 22.0 Å². The van der Waals surface area contributed by atoms with Gasteiger partial charge in [-0.25, -0.2) is 8.78 Å². The van der Waals surface area contributed by atoms with Gasteiger partial charge in [0.15, 0.2) is 5.82 Å². The number of fused-ring (bicyclic) bond motifs is 3. The van der Waals surface area contributed by atoms with Gasteiger partial charge in [0.2, 0.25) is 0 Å². The first-order valence-corrected chi connectivity index (χ1v) is 15.3. The first kappa shape index (κ1) is 32.4. The van der Waals surface area contributed by atoms with Crippen molar-refractivity contribution in [2.75, 3.05) is 57.1 Å². The largest absolute Gasteiger partial charge is 0.463 e. The van der Waals surface area contributed by atoms with Gasteiger partial charge >= 0.3 is 12.2 Å². The Morgan fingerprint density at radius 1 is 1.15 bits per heavy atom. The Morgan fingerprint density at radius 3 is 2.48 bits per heavy atom. The zero-order valence-corrected chi connectivity index (χ0v) is 25.9. The number of nitrogens with one attached hydrogen (secondary N) is 1. The van der Waals surface area contributed by atoms with E-state index < -0.39 is 68.4 Å². The monoisotopic (exact) mass is 667 g/mol. The van der Waals surface area contributed by atoms with E-state index in [2.05, 4.69) is 20.2 Å². The van der Waals surface area contributed by atoms with Crippen molar-refractivity contribution in [2.24, 2.45) is 11.3 Å². The zero-order valence-electron chi connectivity index (χ0n) is 25.1. The lowest BCUT2D eigenvalue weighted by atomic mass is 9.73. The number of nitrogens with two attached hydrogens (primary N) is 1. The molecule has 3 aliphatic heterocycles. The molecule has 2 aromatic carbocycles. The van der Waals surface area contributed by atoms with E-state index in [0.717, 1.165) is 25.0 Å². The number of nitrogens with zero attached hydrogens (tertiary/aromatic N) is 5. The number of anilines is 2. The van der Waals surface area contributed by atoms with Gasteiger partial charge in [0.05, 0.1) is 40.7 Å². The number of hydrogen-bond acceptors (Lipinski definition) is 8. The van der Waals surface area contributed by atoms with Gasteiger partial charge < -0.3 is 25.6 Å². The third kappa shape index (κ3) is 5.66. The van der Waals surface area contributed by atoms with Crippen molar-refractivity contribution in [2.45, 2.75) is 44.4 Å². The van der Waals surface area contributed by atoms with E-state index in [1.165, 1.54) is 0 Å². The SMILES string of the molecule is CN1CC[C@H](CF)[C@](C)(COc2nc(N3C[C@H]4CC[C@@H](C3)N4)c3cc(F)c(-c4c(C#N)c(N)cc(Cl)c4C(F)(F)F)c(F)c3n2)C1. The molecule has 0 saturated carbocycles. The average molecular weight is 668 g/mol. The van der Waals surface area contributed by atoms with Crippen LogP contribution in [0.2, 0.25) is 5.02 Å². The Hall–Kier alpha value is -3.54. The molecule has 1 aromatic heterocycles. The number of ether oxygens (including phenoxy) is 1. The molecule has 0 radical (unpaired) electrons. The van der Waals surface area contributed by atoms with Crippen molar-refractivity contribution >= 4 is 34.0 Å². The maximum Gasteiger partial charge on any atom is 0.418 e. The summed E-state index contributed by atoms with van der Waals surface area (Å²) in [7, 11) is 1.91. The Bertz CT molecular complexity index is 1720. The van der Waals surface area contributed by atoms with E-state index in [4.69, 9.17) is 22.1 Å². The smallest absolute Gasteiger partial charge is 0.418 e. The second kappa shape index (κ2) is 11.9. The van der Waals surface area contributed by atoms with Crippen LogP contribution >= 0.6 is 11.6 Å². The van der Waals surface area contributed by atoms with Gasteiger partial charge in [0, 0.05) is 48.1 Å². The van der Waals surface area contributed by atoms with Crippen LogP contribution in [0.5, 0.6) is 6.01 Å². The normalized spacial score (nSPS) is 25.2. The summed E-state index contributed by atoms with van der Waals surface area (Å²) in [6.45, 7) is 3.43. The number of halogens is 7. The molecule has 46 heavy (non-hydrogen) atoms. The highest BCUT2D eigenvalue weighted by atomic mass is 35.5. The summed E-state index contributed by atoms with van der Waals surface area (Å²) in [4.78, 5) is 12.7. The van der Waals surface area contributed by atoms with Crippen molar-refractivity contribution < 1.29 is 31.1 Å². The minimum atomic E-state index is -5.19. The second-order valence-electron chi connectivity index (χ2n) is 12.8. The standard InChI is InChI=1S/C31H32ClF6N7O/c1-30(13-44(2)6-5-15(30)9-33)14-46-29-42-27-18(28(43-29)45-11-16-3-4-17(12-45)41-16)7-21(34)24(26(27)35)23-19(10-39)22(40)8-20(32)25(23)31(36,37)38/h7-8,15-17,41H,3-6,9,11-14,40H2,1-2H3/t15-,16-,17+,30+/m1/s1. The summed E-state index contributed by atoms with van der Waals surface area (Å²) in [5, 5.41) is 12.2. The number of benzene rings is 2. The van der Waals surface area contributed by atoms with Crippen LogP contribution in [-0.4, -0.2) is 73.5 Å². The van der Waals surface area contributed by atoms with E-state index in [9.17, 15) is 22.8 Å². The minimum Gasteiger partial charge on any atom is -0.463 e. The molecule has 3 N–H and O–H groups in total. The molecule has 3 aliphatic rings. The van der Waals surface area contributed by atoms with E-state index in [1.807, 2.05) is 18.9 Å². The van der Waals surface area contributed by atoms with Gasteiger partial charge in [-0.1, -0.05) is 18.5 Å². The lowest BCUT2D eigenvalue weighted by Gasteiger charge is -2.43. The van der Waals surface area contributed by atoms with Crippen LogP contribution in [-0.2, 0) is 6.18 Å². The summed E-state index contributed by atoms with van der Waals surface area (Å²) in [5.41, 5.74) is -0.484. The summed E-state index contributed by atoms with van der Waals surface area (Å²) in [6.07, 6.45) is -2.81. The van der Waals surface area contributed by atoms with E-state index in [-0.39, 0.29) is 41.8 Å². The molecule has 4 heterocycles. The van der Waals surface area contributed by atoms with E-state index >= 15 is 8.78 Å². The van der Waals surface area contributed by atoms with Crippen LogP contribution < -0.4 is 20.7 Å². The fraction of sp³-hybridized carbons (Fsp3) is 0.516. The van der Waals surface area contributed by atoms with Crippen molar-refractivity contribution in [3.63, 3.8) is 0 Å². The first-order valence-electron chi connectivity index (χ1n) is 14.9. The summed E-state index contributed by atoms with van der Waals surface area (Å²) < 4.78 is 95.7. The highest BCUT2D eigenvalue weighted by molar-refractivity contribution is 6.32. The van der Waals surface area contributed by atoms with E-state index in [1.54, 1.807) is 6.07 Å². The zero-order chi connectivity index (χ0) is 33.1. The van der Waals surface area contributed by atoms with Crippen LogP contribution in [0.3, 0.4) is 0 Å². The molecule has 3 fully saturated rings. The Morgan fingerprint density at radius 2 is 1.85 bits per heavy atom. The molecule has 3 aromatic rings. The molecule has 15 heteroatoms. The molecule has 0 unspecified atom stereocenters. The number of alkyl halides is 4. The molecule has 6 rings (SSSR count). The van der Waals surface area contributed by atoms with E-state index in [0.29, 0.717) is 32.6 Å². The lowest BCUT2D eigenvalue weighted by molar-refractivity contribution is -0.137. The predicted octanol–water partition coefficient (Wildman–Crippen LogP) is 5.95. The number of aromatic nitrogens is 2. The molecule has 4 atom stereocenters. The van der Waals surface area contributed by atoms with Gasteiger partial charge in [0.1, 0.15) is 23.2 Å². The van der Waals surface area contributed by atoms with Gasteiger partial charge in [-0.05, 0) is 50.9 Å². The van der Waals surface area contributed by atoms with Gasteiger partial charge in [0.25, 0.3) is 0 Å². The molecule has 3 saturated heterocycles. The number of piperazine rings is 1. The third-order valence-electron chi connectivity index (χ3n) is 9.51. The second-order valence-corrected chi connectivity index (χ2v) is 13.2. The molecule has 0 aliphatic carbocycles. The molecule has 2 bridgehead atoms. The minimum absolute atomic E-state index is 0.0268. The maximum atomic E-state index is 16.7. The molecule has 8 nitrogen and oxygen atoms in total. The van der Waals surface area contributed by atoms with Gasteiger partial charge in [-0.15, -0.1) is 0 Å². The first-order chi connectivity index (χ1) is 21.7. The summed E-state index contributed by atoms with van der Waals surface area (Å²) in [6, 6.07) is 3.05. The predicted molar refractivity (Wildman–Crippen MR) is 161 cm³/mol. The molecule has 0 amide bonds. The molecular weight excluding hydrogens is 636 g/mol. The molecule has 0 spiro atoms. The fourth-order valence-corrected chi connectivity index (χ4v) is 7.51. The number of likely N-dealkylation sites (tertiary alicyclic amines) is 1. The maximum absolute atomic E-state index is 16.7. The van der Waals surface area contributed by atoms with Gasteiger partial charge in [-0.3, -0.25) is 4.39 Å². The third-order valence-corrected chi connectivity index (χ3v) is 9.80. The topological polar surface area (TPSA) is 103 Å². The number of rotatable bonds is 6. The fourth-order valence-electron chi connectivity index (χ4n) is 7.19. The van der Waals surface area contributed by atoms with Crippen molar-refractivity contribution in [3.05, 3.63) is 39.9 Å². The van der Waals surface area contributed by atoms with Crippen LogP contribution in [0.4, 0.5) is 37.8 Å². The number of hydrogen-bond donors (Lipinski definition) is 2. The number of nitriles is 1. The Kier molecular flexibility index (Phi) is 8.40. The van der Waals surface area contributed by atoms with Crippen molar-refractivity contribution in [3.8, 4) is 23.2 Å². The lowest BCUT2D eigenvalue weighted by Crippen LogP contribution is -2.51. The summed E-state index contributed by atoms with van der Waals surface area (Å²) in [5.74, 6) is -3.01. The van der Waals surface area contributed by atoms with Crippen LogP contribution in [0, 0.1) is 34.3 Å².